The van der Waals surface area contributed by atoms with E-state index in [-0.39, 0.29) is 60.9 Å². The first-order valence-corrected chi connectivity index (χ1v) is 25.1. The van der Waals surface area contributed by atoms with Crippen LogP contribution in [0.15, 0.2) is 47.6 Å². The molecule has 382 valence electrons. The van der Waals surface area contributed by atoms with Gasteiger partial charge < -0.3 is 48.6 Å². The molecule has 15 atom stereocenters. The van der Waals surface area contributed by atoms with Crippen LogP contribution in [0.3, 0.4) is 0 Å². The second-order valence-corrected chi connectivity index (χ2v) is 20.7. The van der Waals surface area contributed by atoms with Crippen LogP contribution in [0.4, 0.5) is 0 Å². The number of ether oxygens (including phenoxy) is 6. The van der Waals surface area contributed by atoms with Crippen LogP contribution < -0.4 is 0 Å². The van der Waals surface area contributed by atoms with Gasteiger partial charge in [0.1, 0.15) is 36.2 Å². The molecule has 5 rings (SSSR count). The molecule has 5 aliphatic rings. The van der Waals surface area contributed by atoms with E-state index in [1.54, 1.807) is 34.0 Å². The van der Waals surface area contributed by atoms with Gasteiger partial charge in [-0.3, -0.25) is 19.2 Å². The van der Waals surface area contributed by atoms with E-state index in [9.17, 15) is 39.3 Å². The fourth-order valence-corrected chi connectivity index (χ4v) is 10.5. The molecule has 0 aromatic heterocycles. The number of hydrogen-bond donors (Lipinski definition) is 3. The molecule has 15 heteroatoms. The minimum Gasteiger partial charge on any atom is -0.460 e. The molecule has 3 saturated heterocycles. The Kier molecular flexibility index (Phi) is 20.9. The Labute approximate surface area is 404 Å². The number of carbonyl (C=O) groups excluding carboxylic acids is 5. The van der Waals surface area contributed by atoms with Gasteiger partial charge in [0, 0.05) is 51.4 Å². The van der Waals surface area contributed by atoms with Crippen molar-refractivity contribution in [3.8, 4) is 0 Å². The van der Waals surface area contributed by atoms with Crippen LogP contribution >= 0.6 is 0 Å². The number of rotatable bonds is 7. The van der Waals surface area contributed by atoms with Crippen molar-refractivity contribution in [2.75, 3.05) is 34.0 Å². The van der Waals surface area contributed by atoms with E-state index in [2.05, 4.69) is 0 Å². The number of cyclic esters (lactones) is 1. The lowest BCUT2D eigenvalue weighted by atomic mass is 9.78. The Morgan fingerprint density at radius 1 is 0.868 bits per heavy atom. The van der Waals surface area contributed by atoms with Crippen molar-refractivity contribution >= 4 is 29.2 Å². The summed E-state index contributed by atoms with van der Waals surface area (Å²) in [6.45, 7) is 13.7. The molecular weight excluding hydrogens is 875 g/mol. The van der Waals surface area contributed by atoms with Crippen molar-refractivity contribution in [2.24, 2.45) is 35.5 Å². The number of nitrogens with zero attached hydrogens (tertiary/aromatic N) is 1. The first kappa shape index (κ1) is 55.5. The Bertz CT molecular complexity index is 1860. The number of hydrogen-bond acceptors (Lipinski definition) is 14. The summed E-state index contributed by atoms with van der Waals surface area (Å²) in [5.74, 6) is -8.05. The van der Waals surface area contributed by atoms with Gasteiger partial charge in [0.2, 0.25) is 5.79 Å². The minimum atomic E-state index is -2.45. The topological polar surface area (TPSA) is 205 Å². The number of allylic oxidation sites excluding steroid dienone is 6. The molecule has 15 nitrogen and oxygen atoms in total. The minimum absolute atomic E-state index is 0.00818. The third kappa shape index (κ3) is 14.4. The predicted molar refractivity (Wildman–Crippen MR) is 254 cm³/mol. The quantitative estimate of drug-likeness (QED) is 0.153. The van der Waals surface area contributed by atoms with Crippen molar-refractivity contribution in [3.05, 3.63) is 47.6 Å². The molecule has 0 spiro atoms. The van der Waals surface area contributed by atoms with E-state index in [1.807, 2.05) is 58.1 Å². The fraction of sp³-hybridized carbons (Fsp3) is 0.755. The van der Waals surface area contributed by atoms with Crippen LogP contribution in [-0.4, -0.2) is 144 Å². The monoisotopic (exact) mass is 956 g/mol. The summed E-state index contributed by atoms with van der Waals surface area (Å²) >= 11 is 0. The molecule has 0 aromatic carbocycles. The van der Waals surface area contributed by atoms with E-state index < -0.39 is 83.9 Å². The molecule has 3 N–H and O–H groups in total. The van der Waals surface area contributed by atoms with Gasteiger partial charge in [-0.2, -0.15) is 0 Å². The van der Waals surface area contributed by atoms with Gasteiger partial charge in [-0.1, -0.05) is 71.1 Å². The highest BCUT2D eigenvalue weighted by atomic mass is 16.6. The number of aliphatic hydroxyl groups is 3. The van der Waals surface area contributed by atoms with E-state index in [4.69, 9.17) is 28.4 Å². The SMILES string of the molecule is CO[C@@H]1C[C@H](C[C@@H](C)[C@@H]2CC(=O)[C@H](C)/C=C(\C)[C@@H](O)[C@@H](OC)C(=O)[C@H](C)C[C@H](C)/C=C/C=C/C=C(\C)[C@H](OC3COC3)C[C@@H]3CC[C@@H](C)[C@@](O)(O3)C(=O)C(=O)N3CCCCC3C(=O)O2)CC[C@H]1O. The number of aliphatic hydroxyl groups excluding tert-OH is 2. The zero-order valence-electron chi connectivity index (χ0n) is 42.0. The van der Waals surface area contributed by atoms with Crippen molar-refractivity contribution in [1.29, 1.82) is 0 Å². The van der Waals surface area contributed by atoms with Crippen LogP contribution in [0.5, 0.6) is 0 Å². The summed E-state index contributed by atoms with van der Waals surface area (Å²) in [7, 11) is 2.95. The smallest absolute Gasteiger partial charge is 0.329 e. The number of ketones is 3. The summed E-state index contributed by atoms with van der Waals surface area (Å²) in [5.41, 5.74) is 1.27. The van der Waals surface area contributed by atoms with E-state index >= 15 is 0 Å². The molecule has 1 saturated carbocycles. The van der Waals surface area contributed by atoms with Crippen LogP contribution in [-0.2, 0) is 52.4 Å². The molecule has 68 heavy (non-hydrogen) atoms. The van der Waals surface area contributed by atoms with Crippen molar-refractivity contribution in [3.63, 3.8) is 0 Å². The number of fused-ring (bicyclic) bond motifs is 3. The molecule has 1 amide bonds. The van der Waals surface area contributed by atoms with E-state index in [0.717, 1.165) is 12.0 Å². The molecule has 4 heterocycles. The van der Waals surface area contributed by atoms with Crippen LogP contribution in [0.1, 0.15) is 126 Å². The second kappa shape index (κ2) is 25.6. The first-order chi connectivity index (χ1) is 32.3. The lowest BCUT2D eigenvalue weighted by Gasteiger charge is -2.43. The molecule has 0 radical (unpaired) electrons. The summed E-state index contributed by atoms with van der Waals surface area (Å²) in [6.07, 6.45) is 11.0. The van der Waals surface area contributed by atoms with Gasteiger partial charge in [0.05, 0.1) is 37.6 Å². The number of Topliss-reactive ketones (excluding diaryl/α,β-unsaturated/α-hetero) is 3. The molecule has 1 unspecified atom stereocenters. The van der Waals surface area contributed by atoms with Crippen molar-refractivity contribution in [1.82, 2.24) is 4.90 Å². The Hall–Kier alpha value is -3.41. The van der Waals surface area contributed by atoms with Crippen LogP contribution in [0.25, 0.3) is 0 Å². The lowest BCUT2D eigenvalue weighted by molar-refractivity contribution is -0.267. The van der Waals surface area contributed by atoms with Gasteiger partial charge in [-0.25, -0.2) is 4.79 Å². The molecular formula is C53H81NO14. The highest BCUT2D eigenvalue weighted by Gasteiger charge is 2.53. The maximum Gasteiger partial charge on any atom is 0.329 e. The Balaban J connectivity index is 1.47. The molecule has 4 fully saturated rings. The van der Waals surface area contributed by atoms with E-state index in [1.165, 1.54) is 12.0 Å². The van der Waals surface area contributed by atoms with Gasteiger partial charge in [-0.05, 0) is 107 Å². The number of methoxy groups -OCH3 is 2. The first-order valence-electron chi connectivity index (χ1n) is 25.1. The van der Waals surface area contributed by atoms with Gasteiger partial charge >= 0.3 is 5.97 Å². The Morgan fingerprint density at radius 3 is 2.28 bits per heavy atom. The van der Waals surface area contributed by atoms with Crippen LogP contribution in [0, 0.1) is 35.5 Å². The third-order valence-corrected chi connectivity index (χ3v) is 15.2. The maximum atomic E-state index is 14.4. The highest BCUT2D eigenvalue weighted by Crippen LogP contribution is 2.38. The summed E-state index contributed by atoms with van der Waals surface area (Å²) in [4.78, 5) is 72.2. The van der Waals surface area contributed by atoms with Gasteiger partial charge in [-0.15, -0.1) is 0 Å². The summed E-state index contributed by atoms with van der Waals surface area (Å²) in [5, 5.41) is 34.1. The second-order valence-electron chi connectivity index (χ2n) is 20.7. The summed E-state index contributed by atoms with van der Waals surface area (Å²) < 4.78 is 35.5. The third-order valence-electron chi connectivity index (χ3n) is 15.2. The zero-order chi connectivity index (χ0) is 49.9. The largest absolute Gasteiger partial charge is 0.460 e. The number of carbonyl (C=O) groups is 5. The molecule has 1 aliphatic carbocycles. The van der Waals surface area contributed by atoms with Crippen LogP contribution in [0.2, 0.25) is 0 Å². The predicted octanol–water partition coefficient (Wildman–Crippen LogP) is 5.95. The molecule has 4 aliphatic heterocycles. The van der Waals surface area contributed by atoms with E-state index in [0.29, 0.717) is 76.6 Å². The van der Waals surface area contributed by atoms with Gasteiger partial charge in [0.25, 0.3) is 11.7 Å². The van der Waals surface area contributed by atoms with Gasteiger partial charge in [0.15, 0.2) is 5.78 Å². The Morgan fingerprint density at radius 2 is 1.60 bits per heavy atom. The summed E-state index contributed by atoms with van der Waals surface area (Å²) in [6, 6.07) is -1.15. The number of amides is 1. The average molecular weight is 956 g/mol. The fourth-order valence-electron chi connectivity index (χ4n) is 10.5. The normalized spacial score (nSPS) is 40.4. The molecule has 0 aromatic rings. The lowest BCUT2D eigenvalue weighted by Crippen LogP contribution is -2.61. The highest BCUT2D eigenvalue weighted by molar-refractivity contribution is 6.39. The van der Waals surface area contributed by atoms with Crippen molar-refractivity contribution < 1.29 is 67.7 Å². The number of piperidine rings is 1. The standard InChI is InChI=1S/C53H81NO14/c1-31-15-11-10-12-16-32(2)44(66-40-29-65-30-40)27-39-20-18-37(7)53(62,68-39)50(59)51(60)54-22-14-13-17-41(54)52(61)67-45(34(4)25-38-19-21-42(55)46(26-38)63-8)28-43(56)33(3)24-36(6)48(58)49(64-9)47(57)35(5)23-31/h10-12,15-16,24,31,33-35,37-42,44-46,48-49,55,58,62H,13-14,17-23,25-30H2,1-9H3/b12-10+,15-11+,32-16+,36-24+/t31-,33-,34-,35-,37-,38+,39+,41?,42-,44-,45+,46-,48-,49+,53-/m1/s1. The average Bonchev–Trinajstić information content (AvgIpc) is 3.30. The zero-order valence-corrected chi connectivity index (χ0v) is 42.0. The maximum absolute atomic E-state index is 14.4. The molecule has 2 bridgehead atoms. The number of esters is 1. The van der Waals surface area contributed by atoms with Crippen molar-refractivity contribution in [2.45, 2.75) is 186 Å².